The van der Waals surface area contributed by atoms with Crippen molar-refractivity contribution < 1.29 is 9.52 Å². The molecule has 1 aromatic heterocycles. The molecule has 0 aliphatic rings. The lowest BCUT2D eigenvalue weighted by molar-refractivity contribution is 0.169. The number of rotatable bonds is 3. The Morgan fingerprint density at radius 1 is 1.11 bits per heavy atom. The van der Waals surface area contributed by atoms with Gasteiger partial charge in [-0.15, -0.1) is 0 Å². The van der Waals surface area contributed by atoms with E-state index in [-0.39, 0.29) is 0 Å². The van der Waals surface area contributed by atoms with Gasteiger partial charge in [0.2, 0.25) is 0 Å². The molecule has 0 aliphatic heterocycles. The molecule has 0 amide bonds. The third-order valence-electron chi connectivity index (χ3n) is 2.96. The highest BCUT2D eigenvalue weighted by atomic mass is 35.5. The molecule has 19 heavy (non-hydrogen) atoms. The summed E-state index contributed by atoms with van der Waals surface area (Å²) in [5, 5.41) is 10.8. The Morgan fingerprint density at radius 3 is 2.58 bits per heavy atom. The number of fused-ring (bicyclic) bond motifs is 1. The summed E-state index contributed by atoms with van der Waals surface area (Å²) < 4.78 is 5.59. The largest absolute Gasteiger partial charge is 0.441 e. The van der Waals surface area contributed by atoms with Crippen LogP contribution < -0.4 is 0 Å². The van der Waals surface area contributed by atoms with Gasteiger partial charge in [-0.1, -0.05) is 35.9 Å². The zero-order chi connectivity index (χ0) is 13.2. The van der Waals surface area contributed by atoms with E-state index in [0.717, 1.165) is 16.7 Å². The van der Waals surface area contributed by atoms with E-state index < -0.39 is 6.10 Å². The van der Waals surface area contributed by atoms with Crippen LogP contribution in [0.3, 0.4) is 0 Å². The van der Waals surface area contributed by atoms with Crippen molar-refractivity contribution in [2.75, 3.05) is 0 Å². The first kappa shape index (κ1) is 12.2. The van der Waals surface area contributed by atoms with Crippen LogP contribution in [0.4, 0.5) is 0 Å². The number of aliphatic hydroxyl groups is 1. The van der Waals surface area contributed by atoms with Crippen molar-refractivity contribution in [1.29, 1.82) is 0 Å². The Morgan fingerprint density at radius 2 is 1.84 bits per heavy atom. The van der Waals surface area contributed by atoms with Gasteiger partial charge in [-0.3, -0.25) is 0 Å². The molecule has 3 nitrogen and oxygen atoms in total. The second kappa shape index (κ2) is 5.03. The average Bonchev–Trinajstić information content (AvgIpc) is 2.81. The van der Waals surface area contributed by atoms with Crippen molar-refractivity contribution in [1.82, 2.24) is 4.98 Å². The number of aromatic nitrogens is 1. The fourth-order valence-electron chi connectivity index (χ4n) is 1.98. The van der Waals surface area contributed by atoms with Gasteiger partial charge in [0.05, 0.1) is 12.5 Å². The van der Waals surface area contributed by atoms with Crippen LogP contribution in [0, 0.1) is 0 Å². The summed E-state index contributed by atoms with van der Waals surface area (Å²) in [7, 11) is 0. The number of benzene rings is 2. The van der Waals surface area contributed by atoms with Crippen LogP contribution in [0.25, 0.3) is 11.1 Å². The molecule has 0 aliphatic carbocycles. The van der Waals surface area contributed by atoms with Crippen LogP contribution in [0.1, 0.15) is 17.6 Å². The minimum absolute atomic E-state index is 0.344. The van der Waals surface area contributed by atoms with Gasteiger partial charge >= 0.3 is 0 Å². The first-order valence-electron chi connectivity index (χ1n) is 6.00. The third kappa shape index (κ3) is 2.62. The van der Waals surface area contributed by atoms with Gasteiger partial charge in [-0.25, -0.2) is 4.98 Å². The Balaban J connectivity index is 1.82. The predicted octanol–water partition coefficient (Wildman–Crippen LogP) is 3.76. The van der Waals surface area contributed by atoms with E-state index in [1.165, 1.54) is 0 Å². The van der Waals surface area contributed by atoms with Gasteiger partial charge in [-0.05, 0) is 29.8 Å². The lowest BCUT2D eigenvalue weighted by Gasteiger charge is -2.08. The fraction of sp³-hybridized carbons (Fsp3) is 0.133. The summed E-state index contributed by atoms with van der Waals surface area (Å²) in [5.41, 5.74) is 2.34. The zero-order valence-electron chi connectivity index (χ0n) is 10.1. The summed E-state index contributed by atoms with van der Waals surface area (Å²) in [6.45, 7) is 0. The Labute approximate surface area is 115 Å². The Hall–Kier alpha value is -1.84. The van der Waals surface area contributed by atoms with Crippen molar-refractivity contribution in [3.63, 3.8) is 0 Å². The second-order valence-corrected chi connectivity index (χ2v) is 4.78. The van der Waals surface area contributed by atoms with E-state index >= 15 is 0 Å². The number of aliphatic hydroxyl groups excluding tert-OH is 1. The lowest BCUT2D eigenvalue weighted by atomic mass is 10.1. The fourth-order valence-corrected chi connectivity index (χ4v) is 2.10. The molecular weight excluding hydrogens is 262 g/mol. The van der Waals surface area contributed by atoms with Crippen molar-refractivity contribution in [3.8, 4) is 0 Å². The summed E-state index contributed by atoms with van der Waals surface area (Å²) in [6.07, 6.45) is -0.304. The number of hydrogen-bond acceptors (Lipinski definition) is 3. The second-order valence-electron chi connectivity index (χ2n) is 4.35. The maximum absolute atomic E-state index is 10.1. The standard InChI is InChI=1S/C15H12ClNO2/c16-11-7-5-10(6-8-11)13(18)9-15-17-12-3-1-2-4-14(12)19-15/h1-8,13,18H,9H2/t13-/m0/s1. The van der Waals surface area contributed by atoms with Crippen molar-refractivity contribution >= 4 is 22.7 Å². The number of halogens is 1. The van der Waals surface area contributed by atoms with E-state index in [4.69, 9.17) is 16.0 Å². The zero-order valence-corrected chi connectivity index (χ0v) is 10.8. The van der Waals surface area contributed by atoms with Gasteiger partial charge in [0.15, 0.2) is 11.5 Å². The van der Waals surface area contributed by atoms with E-state index in [1.807, 2.05) is 24.3 Å². The quantitative estimate of drug-likeness (QED) is 0.790. The van der Waals surface area contributed by atoms with Gasteiger partial charge in [0, 0.05) is 5.02 Å². The van der Waals surface area contributed by atoms with Crippen molar-refractivity contribution in [3.05, 3.63) is 65.0 Å². The van der Waals surface area contributed by atoms with Crippen LogP contribution in [0.5, 0.6) is 0 Å². The topological polar surface area (TPSA) is 46.3 Å². The molecule has 0 unspecified atom stereocenters. The molecule has 0 radical (unpaired) electrons. The highest BCUT2D eigenvalue weighted by Crippen LogP contribution is 2.22. The minimum Gasteiger partial charge on any atom is -0.441 e. The maximum Gasteiger partial charge on any atom is 0.198 e. The van der Waals surface area contributed by atoms with E-state index in [2.05, 4.69) is 4.98 Å². The number of oxazole rings is 1. The Kier molecular flexibility index (Phi) is 3.23. The molecule has 0 fully saturated rings. The van der Waals surface area contributed by atoms with Gasteiger partial charge in [-0.2, -0.15) is 0 Å². The molecule has 0 saturated carbocycles. The summed E-state index contributed by atoms with van der Waals surface area (Å²) in [6, 6.07) is 14.7. The summed E-state index contributed by atoms with van der Waals surface area (Å²) in [5.74, 6) is 0.531. The molecule has 2 aromatic carbocycles. The lowest BCUT2D eigenvalue weighted by Crippen LogP contribution is -2.01. The first-order chi connectivity index (χ1) is 9.22. The molecule has 1 atom stereocenters. The SMILES string of the molecule is O[C@@H](Cc1nc2ccccc2o1)c1ccc(Cl)cc1. The molecule has 96 valence electrons. The molecule has 3 rings (SSSR count). The van der Waals surface area contributed by atoms with E-state index in [1.54, 1.807) is 24.3 Å². The average molecular weight is 274 g/mol. The van der Waals surface area contributed by atoms with Crippen LogP contribution in [-0.4, -0.2) is 10.1 Å². The monoisotopic (exact) mass is 273 g/mol. The normalized spacial score (nSPS) is 12.7. The smallest absolute Gasteiger partial charge is 0.198 e. The maximum atomic E-state index is 10.1. The van der Waals surface area contributed by atoms with Gasteiger partial charge < -0.3 is 9.52 Å². The van der Waals surface area contributed by atoms with Crippen LogP contribution in [0.15, 0.2) is 52.9 Å². The van der Waals surface area contributed by atoms with E-state index in [9.17, 15) is 5.11 Å². The van der Waals surface area contributed by atoms with Gasteiger partial charge in [0.25, 0.3) is 0 Å². The molecule has 1 heterocycles. The number of nitrogens with zero attached hydrogens (tertiary/aromatic N) is 1. The highest BCUT2D eigenvalue weighted by molar-refractivity contribution is 6.30. The van der Waals surface area contributed by atoms with Crippen molar-refractivity contribution in [2.45, 2.75) is 12.5 Å². The third-order valence-corrected chi connectivity index (χ3v) is 3.21. The molecule has 0 saturated heterocycles. The highest BCUT2D eigenvalue weighted by Gasteiger charge is 2.13. The molecule has 4 heteroatoms. The van der Waals surface area contributed by atoms with Crippen molar-refractivity contribution in [2.24, 2.45) is 0 Å². The molecule has 1 N–H and O–H groups in total. The Bertz CT molecular complexity index is 658. The first-order valence-corrected chi connectivity index (χ1v) is 6.38. The van der Waals surface area contributed by atoms with Gasteiger partial charge in [0.1, 0.15) is 5.52 Å². The van der Waals surface area contributed by atoms with Crippen LogP contribution >= 0.6 is 11.6 Å². The predicted molar refractivity (Wildman–Crippen MR) is 74.1 cm³/mol. The molecule has 0 bridgehead atoms. The minimum atomic E-state index is -0.648. The van der Waals surface area contributed by atoms with Crippen LogP contribution in [0.2, 0.25) is 5.02 Å². The summed E-state index contributed by atoms with van der Waals surface area (Å²) >= 11 is 5.82. The van der Waals surface area contributed by atoms with Crippen LogP contribution in [-0.2, 0) is 6.42 Å². The number of hydrogen-bond donors (Lipinski definition) is 1. The summed E-state index contributed by atoms with van der Waals surface area (Å²) in [4.78, 5) is 4.34. The number of para-hydroxylation sites is 2. The molecule has 0 spiro atoms. The molecule has 3 aromatic rings. The van der Waals surface area contributed by atoms with E-state index in [0.29, 0.717) is 17.3 Å². The molecular formula is C15H12ClNO2.